The van der Waals surface area contributed by atoms with Crippen LogP contribution in [-0.4, -0.2) is 58.9 Å². The summed E-state index contributed by atoms with van der Waals surface area (Å²) in [5.41, 5.74) is 1.59. The Morgan fingerprint density at radius 3 is 2.59 bits per heavy atom. The van der Waals surface area contributed by atoms with Crippen LogP contribution in [0.3, 0.4) is 0 Å². The van der Waals surface area contributed by atoms with Crippen molar-refractivity contribution in [1.82, 2.24) is 14.3 Å². The molecule has 0 aliphatic carbocycles. The lowest BCUT2D eigenvalue weighted by molar-refractivity contribution is 0.0240. The van der Waals surface area contributed by atoms with Crippen molar-refractivity contribution >= 4 is 40.1 Å². The molecule has 1 fully saturated rings. The Morgan fingerprint density at radius 1 is 1.33 bits per heavy atom. The van der Waals surface area contributed by atoms with Gasteiger partial charge in [-0.15, -0.1) is 0 Å². The molecule has 1 aliphatic heterocycles. The molecule has 1 atom stereocenters. The van der Waals surface area contributed by atoms with Crippen LogP contribution in [0.15, 0.2) is 28.1 Å². The molecule has 0 aromatic carbocycles. The fourth-order valence-electron chi connectivity index (χ4n) is 3.22. The van der Waals surface area contributed by atoms with Gasteiger partial charge in [0.15, 0.2) is 0 Å². The molecule has 2 aromatic rings. The summed E-state index contributed by atoms with van der Waals surface area (Å²) in [5, 5.41) is 0. The van der Waals surface area contributed by atoms with E-state index in [2.05, 4.69) is 48.0 Å². The van der Waals surface area contributed by atoms with Crippen molar-refractivity contribution in [1.29, 1.82) is 0 Å². The quantitative estimate of drug-likeness (QED) is 0.685. The van der Waals surface area contributed by atoms with Gasteiger partial charge in [-0.05, 0) is 56.4 Å². The van der Waals surface area contributed by atoms with Crippen molar-refractivity contribution in [3.05, 3.63) is 28.6 Å². The second kappa shape index (κ2) is 7.50. The number of carbonyl (C=O) groups is 1. The molecule has 146 valence electrons. The third-order valence-corrected chi connectivity index (χ3v) is 5.24. The van der Waals surface area contributed by atoms with Gasteiger partial charge in [0.1, 0.15) is 17.7 Å². The number of nitrogens with zero attached hydrogens (tertiary/aromatic N) is 5. The number of anilines is 1. The Bertz CT molecular complexity index is 850. The molecule has 1 unspecified atom stereocenters. The average molecular weight is 436 g/mol. The van der Waals surface area contributed by atoms with Gasteiger partial charge in [0.05, 0.1) is 17.8 Å². The van der Waals surface area contributed by atoms with Crippen molar-refractivity contribution in [3.63, 3.8) is 0 Å². The molecule has 0 spiro atoms. The summed E-state index contributed by atoms with van der Waals surface area (Å²) in [6, 6.07) is 2.04. The third-order valence-electron chi connectivity index (χ3n) is 4.61. The Hall–Kier alpha value is -2.09. The average Bonchev–Trinajstić information content (AvgIpc) is 3.10. The lowest BCUT2D eigenvalue weighted by atomic mass is 10.1. The molecule has 1 aliphatic rings. The van der Waals surface area contributed by atoms with Crippen LogP contribution < -0.4 is 4.90 Å². The molecule has 3 heterocycles. The summed E-state index contributed by atoms with van der Waals surface area (Å²) in [6.45, 7) is 14.0. The highest BCUT2D eigenvalue weighted by Crippen LogP contribution is 2.34. The number of hydrogen-bond acceptors (Lipinski definition) is 5. The number of aliphatic imine (C=N–C) groups is 1. The van der Waals surface area contributed by atoms with E-state index in [-0.39, 0.29) is 12.1 Å². The van der Waals surface area contributed by atoms with Gasteiger partial charge in [-0.25, -0.2) is 9.78 Å². The van der Waals surface area contributed by atoms with Crippen molar-refractivity contribution < 1.29 is 9.53 Å². The molecule has 3 rings (SSSR count). The minimum Gasteiger partial charge on any atom is -0.444 e. The highest BCUT2D eigenvalue weighted by atomic mass is 79.9. The maximum Gasteiger partial charge on any atom is 0.410 e. The number of aromatic nitrogens is 2. The molecular weight excluding hydrogens is 410 g/mol. The predicted molar refractivity (Wildman–Crippen MR) is 111 cm³/mol. The molecule has 27 heavy (non-hydrogen) atoms. The number of halogens is 1. The molecule has 1 saturated heterocycles. The fraction of sp³-hybridized carbons (Fsp3) is 0.526. The van der Waals surface area contributed by atoms with Gasteiger partial charge in [-0.2, -0.15) is 0 Å². The van der Waals surface area contributed by atoms with E-state index in [0.29, 0.717) is 26.2 Å². The van der Waals surface area contributed by atoms with Crippen molar-refractivity contribution in [2.75, 3.05) is 31.1 Å². The number of piperazine rings is 1. The van der Waals surface area contributed by atoms with E-state index in [4.69, 9.17) is 4.74 Å². The maximum atomic E-state index is 12.3. The van der Waals surface area contributed by atoms with Crippen molar-refractivity contribution in [2.24, 2.45) is 4.99 Å². The Morgan fingerprint density at radius 2 is 2.00 bits per heavy atom. The highest BCUT2D eigenvalue weighted by molar-refractivity contribution is 9.10. The molecule has 2 aromatic heterocycles. The van der Waals surface area contributed by atoms with Gasteiger partial charge in [-0.3, -0.25) is 9.39 Å². The van der Waals surface area contributed by atoms with Crippen LogP contribution in [0.25, 0.3) is 5.52 Å². The zero-order valence-electron chi connectivity index (χ0n) is 16.3. The first-order valence-electron chi connectivity index (χ1n) is 9.04. The van der Waals surface area contributed by atoms with Crippen LogP contribution in [0.4, 0.5) is 10.6 Å². The summed E-state index contributed by atoms with van der Waals surface area (Å²) < 4.78 is 8.54. The first-order chi connectivity index (χ1) is 12.7. The van der Waals surface area contributed by atoms with E-state index < -0.39 is 5.60 Å². The number of rotatable bonds is 3. The minimum absolute atomic E-state index is 0.0491. The van der Waals surface area contributed by atoms with E-state index in [0.717, 1.165) is 21.4 Å². The van der Waals surface area contributed by atoms with Crippen LogP contribution in [0.1, 0.15) is 39.3 Å². The van der Waals surface area contributed by atoms with Crippen LogP contribution in [-0.2, 0) is 4.74 Å². The summed E-state index contributed by atoms with van der Waals surface area (Å²) >= 11 is 3.63. The SMILES string of the molecule is C=NC(C)c1cc(Br)c2cncn2c1N1CCN(C(=O)OC(C)(C)C)CC1. The largest absolute Gasteiger partial charge is 0.444 e. The number of carbonyl (C=O) groups excluding carboxylic acids is 1. The Labute approximate surface area is 168 Å². The molecule has 0 saturated carbocycles. The van der Waals surface area contributed by atoms with Crippen LogP contribution in [0.5, 0.6) is 0 Å². The number of imidazole rings is 1. The smallest absolute Gasteiger partial charge is 0.410 e. The molecule has 8 heteroatoms. The molecular formula is C19H26BrN5O2. The lowest BCUT2D eigenvalue weighted by Crippen LogP contribution is -2.50. The number of ether oxygens (including phenoxy) is 1. The molecule has 7 nitrogen and oxygen atoms in total. The van der Waals surface area contributed by atoms with Gasteiger partial charge >= 0.3 is 6.09 Å². The predicted octanol–water partition coefficient (Wildman–Crippen LogP) is 3.92. The van der Waals surface area contributed by atoms with Crippen LogP contribution in [0, 0.1) is 0 Å². The van der Waals surface area contributed by atoms with E-state index in [9.17, 15) is 4.79 Å². The molecule has 0 radical (unpaired) electrons. The van der Waals surface area contributed by atoms with Gasteiger partial charge in [-0.1, -0.05) is 0 Å². The molecule has 1 amide bonds. The van der Waals surface area contributed by atoms with E-state index >= 15 is 0 Å². The third kappa shape index (κ3) is 4.10. The summed E-state index contributed by atoms with van der Waals surface area (Å²) in [5.74, 6) is 1.05. The molecule has 0 N–H and O–H groups in total. The first-order valence-corrected chi connectivity index (χ1v) is 9.83. The molecule has 0 bridgehead atoms. The van der Waals surface area contributed by atoms with Crippen molar-refractivity contribution in [3.8, 4) is 0 Å². The topological polar surface area (TPSA) is 62.4 Å². The van der Waals surface area contributed by atoms with E-state index in [1.807, 2.05) is 40.2 Å². The Balaban J connectivity index is 1.87. The monoisotopic (exact) mass is 435 g/mol. The summed E-state index contributed by atoms with van der Waals surface area (Å²) in [4.78, 5) is 24.9. The van der Waals surface area contributed by atoms with Gasteiger partial charge in [0.25, 0.3) is 0 Å². The van der Waals surface area contributed by atoms with Gasteiger partial charge in [0.2, 0.25) is 0 Å². The summed E-state index contributed by atoms with van der Waals surface area (Å²) in [7, 11) is 0. The number of pyridine rings is 1. The van der Waals surface area contributed by atoms with E-state index in [1.54, 1.807) is 4.90 Å². The van der Waals surface area contributed by atoms with Gasteiger partial charge < -0.3 is 14.5 Å². The lowest BCUT2D eigenvalue weighted by Gasteiger charge is -2.38. The minimum atomic E-state index is -0.485. The number of fused-ring (bicyclic) bond motifs is 1. The van der Waals surface area contributed by atoms with Crippen LogP contribution in [0.2, 0.25) is 0 Å². The van der Waals surface area contributed by atoms with Crippen LogP contribution >= 0.6 is 15.9 Å². The van der Waals surface area contributed by atoms with Gasteiger partial charge in [0, 0.05) is 36.2 Å². The second-order valence-corrected chi connectivity index (χ2v) is 8.59. The standard InChI is InChI=1S/C19H26BrN5O2/c1-13(21-5)14-10-15(20)16-11-22-12-25(16)17(14)23-6-8-24(9-7-23)18(26)27-19(2,3)4/h10-13H,5-9H2,1-4H3. The normalized spacial score (nSPS) is 16.5. The van der Waals surface area contributed by atoms with E-state index in [1.165, 1.54) is 0 Å². The number of hydrogen-bond donors (Lipinski definition) is 0. The summed E-state index contributed by atoms with van der Waals surface area (Å²) in [6.07, 6.45) is 3.39. The Kier molecular flexibility index (Phi) is 5.46. The first kappa shape index (κ1) is 19.7. The fourth-order valence-corrected chi connectivity index (χ4v) is 3.76. The maximum absolute atomic E-state index is 12.3. The number of amides is 1. The zero-order valence-corrected chi connectivity index (χ0v) is 17.9. The zero-order chi connectivity index (χ0) is 19.8. The second-order valence-electron chi connectivity index (χ2n) is 7.73. The highest BCUT2D eigenvalue weighted by Gasteiger charge is 2.28. The van der Waals surface area contributed by atoms with Crippen molar-refractivity contribution in [2.45, 2.75) is 39.3 Å².